The van der Waals surface area contributed by atoms with Crippen molar-refractivity contribution in [2.45, 2.75) is 6.61 Å². The number of allylic oxidation sites excluding steroid dienone is 2. The Morgan fingerprint density at radius 3 is 3.05 bits per heavy atom. The second-order valence-corrected chi connectivity index (χ2v) is 4.85. The van der Waals surface area contributed by atoms with E-state index >= 15 is 0 Å². The molecule has 0 aliphatic carbocycles. The van der Waals surface area contributed by atoms with Crippen molar-refractivity contribution in [1.82, 2.24) is 9.55 Å². The molecule has 1 aromatic rings. The molecule has 20 heavy (non-hydrogen) atoms. The van der Waals surface area contributed by atoms with Gasteiger partial charge in [-0.2, -0.15) is 0 Å². The third kappa shape index (κ3) is 1.75. The van der Waals surface area contributed by atoms with Crippen molar-refractivity contribution >= 4 is 17.1 Å². The highest BCUT2D eigenvalue weighted by Gasteiger charge is 2.17. The molecule has 0 bridgehead atoms. The summed E-state index contributed by atoms with van der Waals surface area (Å²) in [5.41, 5.74) is 4.36. The zero-order chi connectivity index (χ0) is 13.4. The Morgan fingerprint density at radius 2 is 2.05 bits per heavy atom. The molecule has 3 aliphatic rings. The van der Waals surface area contributed by atoms with Gasteiger partial charge in [0.2, 0.25) is 0 Å². The van der Waals surface area contributed by atoms with E-state index in [1.807, 2.05) is 30.5 Å². The van der Waals surface area contributed by atoms with Crippen LogP contribution in [0.1, 0.15) is 5.69 Å². The van der Waals surface area contributed by atoms with Gasteiger partial charge >= 0.3 is 0 Å². The van der Waals surface area contributed by atoms with Crippen molar-refractivity contribution in [2.75, 3.05) is 6.61 Å². The van der Waals surface area contributed by atoms with Crippen LogP contribution in [0.4, 0.5) is 0 Å². The topological polar surface area (TPSA) is 27.1 Å². The molecule has 0 unspecified atom stereocenters. The third-order valence-electron chi connectivity index (χ3n) is 3.62. The molecule has 0 spiro atoms. The summed E-state index contributed by atoms with van der Waals surface area (Å²) in [6.07, 6.45) is 10.1. The molecule has 0 amide bonds. The van der Waals surface area contributed by atoms with Crippen molar-refractivity contribution in [1.29, 1.82) is 0 Å². The number of rotatable bonds is 0. The van der Waals surface area contributed by atoms with Gasteiger partial charge in [0.1, 0.15) is 0 Å². The average Bonchev–Trinajstić information content (AvgIpc) is 2.90. The van der Waals surface area contributed by atoms with E-state index in [-0.39, 0.29) is 0 Å². The summed E-state index contributed by atoms with van der Waals surface area (Å²) in [4.78, 5) is 4.78. The molecule has 3 heteroatoms. The quantitative estimate of drug-likeness (QED) is 0.617. The van der Waals surface area contributed by atoms with Gasteiger partial charge in [0.25, 0.3) is 0 Å². The molecule has 3 nitrogen and oxygen atoms in total. The van der Waals surface area contributed by atoms with Crippen LogP contribution < -0.4 is 0 Å². The van der Waals surface area contributed by atoms with Crippen molar-refractivity contribution in [3.8, 4) is 11.3 Å². The minimum Gasteiger partial charge on any atom is -0.371 e. The predicted molar refractivity (Wildman–Crippen MR) is 80.5 cm³/mol. The first-order chi connectivity index (χ1) is 9.93. The smallest absolute Gasteiger partial charge is 0.0938 e. The third-order valence-corrected chi connectivity index (χ3v) is 3.62. The van der Waals surface area contributed by atoms with Gasteiger partial charge in [-0.25, -0.2) is 4.98 Å². The van der Waals surface area contributed by atoms with Gasteiger partial charge in [0.15, 0.2) is 0 Å². The Hall–Kier alpha value is -2.39. The van der Waals surface area contributed by atoms with E-state index in [9.17, 15) is 0 Å². The maximum atomic E-state index is 5.70. The van der Waals surface area contributed by atoms with Crippen molar-refractivity contribution < 1.29 is 4.74 Å². The summed E-state index contributed by atoms with van der Waals surface area (Å²) in [6.45, 7) is 1.19. The van der Waals surface area contributed by atoms with Gasteiger partial charge < -0.3 is 9.30 Å². The van der Waals surface area contributed by atoms with Crippen molar-refractivity contribution in [3.05, 3.63) is 60.5 Å². The summed E-state index contributed by atoms with van der Waals surface area (Å²) in [7, 11) is 0. The number of hydrogen-bond donors (Lipinski definition) is 0. The first kappa shape index (κ1) is 11.4. The van der Waals surface area contributed by atoms with Crippen LogP contribution in [0.3, 0.4) is 0 Å². The normalized spacial score (nSPS) is 15.0. The van der Waals surface area contributed by atoms with Crippen LogP contribution in [0, 0.1) is 0 Å². The monoisotopic (exact) mass is 262 g/mol. The highest BCUT2D eigenvalue weighted by Crippen LogP contribution is 2.33. The second kappa shape index (κ2) is 4.62. The Morgan fingerprint density at radius 1 is 1.10 bits per heavy atom. The summed E-state index contributed by atoms with van der Waals surface area (Å²) in [5, 5.41) is 1.20. The number of benzene rings is 1. The number of hydrogen-bond acceptors (Lipinski definition) is 2. The SMILES string of the molecule is C1=CCOCc2c3nc4ccccc4c-3ccn2C=C1. The average molecular weight is 262 g/mol. The first-order valence-electron chi connectivity index (χ1n) is 6.73. The van der Waals surface area contributed by atoms with Crippen LogP contribution in [0.15, 0.2) is 54.8 Å². The van der Waals surface area contributed by atoms with E-state index in [2.05, 4.69) is 35.0 Å². The molecule has 0 saturated carbocycles. The molecule has 0 N–H and O–H groups in total. The van der Waals surface area contributed by atoms with Gasteiger partial charge in [0, 0.05) is 23.3 Å². The van der Waals surface area contributed by atoms with Gasteiger partial charge in [-0.15, -0.1) is 0 Å². The van der Waals surface area contributed by atoms with Crippen LogP contribution in [0.2, 0.25) is 0 Å². The highest BCUT2D eigenvalue weighted by atomic mass is 16.5. The fourth-order valence-electron chi connectivity index (χ4n) is 2.65. The lowest BCUT2D eigenvalue weighted by atomic mass is 10.1. The van der Waals surface area contributed by atoms with E-state index < -0.39 is 0 Å². The molecule has 1 aromatic carbocycles. The molecule has 4 rings (SSSR count). The second-order valence-electron chi connectivity index (χ2n) is 4.85. The van der Waals surface area contributed by atoms with Crippen LogP contribution in [-0.2, 0) is 11.3 Å². The minimum absolute atomic E-state index is 0.565. The fourth-order valence-corrected chi connectivity index (χ4v) is 2.65. The number of nitrogens with zero attached hydrogens (tertiary/aromatic N) is 2. The van der Waals surface area contributed by atoms with Crippen LogP contribution in [0.5, 0.6) is 0 Å². The lowest BCUT2D eigenvalue weighted by Gasteiger charge is -2.13. The molecule has 98 valence electrons. The maximum Gasteiger partial charge on any atom is 0.0938 e. The van der Waals surface area contributed by atoms with Crippen molar-refractivity contribution in [3.63, 3.8) is 0 Å². The van der Waals surface area contributed by atoms with E-state index in [1.165, 1.54) is 10.9 Å². The Kier molecular flexibility index (Phi) is 2.64. The predicted octanol–water partition coefficient (Wildman–Crippen LogP) is 3.70. The summed E-state index contributed by atoms with van der Waals surface area (Å²) in [5.74, 6) is 0. The van der Waals surface area contributed by atoms with E-state index in [4.69, 9.17) is 9.72 Å². The van der Waals surface area contributed by atoms with Gasteiger partial charge in [-0.1, -0.05) is 30.4 Å². The molecular formula is C17H14N2O. The number of ether oxygens (including phenoxy) is 1. The van der Waals surface area contributed by atoms with E-state index in [0.29, 0.717) is 13.2 Å². The molecule has 3 aliphatic heterocycles. The molecule has 0 atom stereocenters. The van der Waals surface area contributed by atoms with Crippen LogP contribution in [-0.4, -0.2) is 16.2 Å². The summed E-state index contributed by atoms with van der Waals surface area (Å²) in [6, 6.07) is 10.4. The van der Waals surface area contributed by atoms with Gasteiger partial charge in [0.05, 0.1) is 30.1 Å². The maximum absolute atomic E-state index is 5.70. The van der Waals surface area contributed by atoms with E-state index in [1.54, 1.807) is 0 Å². The lowest BCUT2D eigenvalue weighted by Crippen LogP contribution is -2.05. The zero-order valence-electron chi connectivity index (χ0n) is 11.0. The molecule has 0 saturated heterocycles. The Labute approximate surface area is 117 Å². The molecule has 3 heterocycles. The van der Waals surface area contributed by atoms with Crippen LogP contribution >= 0.6 is 0 Å². The van der Waals surface area contributed by atoms with Gasteiger partial charge in [-0.3, -0.25) is 0 Å². The van der Waals surface area contributed by atoms with Gasteiger partial charge in [-0.05, 0) is 18.2 Å². The van der Waals surface area contributed by atoms with Crippen molar-refractivity contribution in [2.24, 2.45) is 0 Å². The largest absolute Gasteiger partial charge is 0.371 e. The lowest BCUT2D eigenvalue weighted by molar-refractivity contribution is 0.145. The number of fused-ring (bicyclic) bond motifs is 5. The van der Waals surface area contributed by atoms with Crippen LogP contribution in [0.25, 0.3) is 28.4 Å². The fraction of sp³-hybridized carbons (Fsp3) is 0.118. The standard InChI is InChI=1S/C17H14N2O/c1-4-9-19-10-8-14-13-6-2-3-7-15(13)18-17(14)16(19)12-20-11-5-1/h1-10H,11-12H2. The van der Waals surface area contributed by atoms with E-state index in [0.717, 1.165) is 16.9 Å². The molecule has 0 fully saturated rings. The molecular weight excluding hydrogens is 248 g/mol. The molecule has 0 radical (unpaired) electrons. The Bertz CT molecular complexity index is 798. The minimum atomic E-state index is 0.565. The first-order valence-corrected chi connectivity index (χ1v) is 6.73. The summed E-state index contributed by atoms with van der Waals surface area (Å²) < 4.78 is 7.78. The molecule has 0 aromatic heterocycles. The zero-order valence-corrected chi connectivity index (χ0v) is 11.0. The Balaban J connectivity index is 2.01. The highest BCUT2D eigenvalue weighted by molar-refractivity contribution is 5.97. The summed E-state index contributed by atoms with van der Waals surface area (Å²) >= 11 is 0. The number of para-hydroxylation sites is 1. The number of aromatic nitrogens is 2. The number of pyridine rings is 1.